The van der Waals surface area contributed by atoms with E-state index in [0.29, 0.717) is 12.2 Å². The fraction of sp³-hybridized carbons (Fsp3) is 0.118. The maximum absolute atomic E-state index is 11.7. The summed E-state index contributed by atoms with van der Waals surface area (Å²) in [5, 5.41) is 14.7. The van der Waals surface area contributed by atoms with E-state index in [1.54, 1.807) is 29.4 Å². The number of nitrogens with one attached hydrogen (secondary N) is 1. The van der Waals surface area contributed by atoms with E-state index in [4.69, 9.17) is 0 Å². The van der Waals surface area contributed by atoms with Crippen molar-refractivity contribution in [1.82, 2.24) is 15.0 Å². The van der Waals surface area contributed by atoms with Gasteiger partial charge in [-0.15, -0.1) is 0 Å². The normalized spacial score (nSPS) is 10.3. The van der Waals surface area contributed by atoms with Crippen LogP contribution in [0.3, 0.4) is 0 Å². The second-order valence-corrected chi connectivity index (χ2v) is 5.09. The largest absolute Gasteiger partial charge is 0.354 e. The summed E-state index contributed by atoms with van der Waals surface area (Å²) in [4.78, 5) is 25.2. The van der Waals surface area contributed by atoms with Crippen molar-refractivity contribution in [3.8, 4) is 0 Å². The van der Waals surface area contributed by atoms with Gasteiger partial charge in [-0.3, -0.25) is 15.1 Å². The van der Waals surface area contributed by atoms with Gasteiger partial charge in [0.1, 0.15) is 6.33 Å². The topological polar surface area (TPSA) is 97.1 Å². The molecule has 8 heteroatoms. The molecule has 3 aromatic rings. The van der Waals surface area contributed by atoms with E-state index in [9.17, 15) is 10.1 Å². The molecule has 0 aliphatic carbocycles. The summed E-state index contributed by atoms with van der Waals surface area (Å²) in [5.74, 6) is 0.376. The summed E-state index contributed by atoms with van der Waals surface area (Å²) in [6.07, 6.45) is 4.51. The van der Waals surface area contributed by atoms with Crippen LogP contribution in [0.25, 0.3) is 0 Å². The highest BCUT2D eigenvalue weighted by Crippen LogP contribution is 2.36. The molecule has 2 heterocycles. The summed E-state index contributed by atoms with van der Waals surface area (Å²) in [6.45, 7) is 2.44. The number of anilines is 4. The first kappa shape index (κ1) is 16.3. The molecule has 8 nitrogen and oxygen atoms in total. The molecule has 0 fully saturated rings. The zero-order valence-electron chi connectivity index (χ0n) is 13.5. The summed E-state index contributed by atoms with van der Waals surface area (Å²) in [7, 11) is 0. The van der Waals surface area contributed by atoms with Gasteiger partial charge in [0.2, 0.25) is 11.6 Å². The molecule has 2 aromatic heterocycles. The molecule has 0 radical (unpaired) electrons. The fourth-order valence-corrected chi connectivity index (χ4v) is 2.46. The van der Waals surface area contributed by atoms with Gasteiger partial charge in [-0.05, 0) is 31.2 Å². The van der Waals surface area contributed by atoms with Gasteiger partial charge in [0.05, 0.1) is 4.92 Å². The van der Waals surface area contributed by atoms with Crippen molar-refractivity contribution in [2.24, 2.45) is 0 Å². The standard InChI is InChI=1S/C17H16N6O2/c1-2-22(14-6-4-3-5-7-14)17-15(23(24)25)16(19-12-20-17)21-13-8-10-18-11-9-13/h3-12H,2H2,1H3,(H,18,19,20,21). The van der Waals surface area contributed by atoms with E-state index in [1.165, 1.54) is 6.33 Å². The van der Waals surface area contributed by atoms with E-state index < -0.39 is 4.92 Å². The first-order valence-electron chi connectivity index (χ1n) is 7.69. The number of para-hydroxylation sites is 1. The van der Waals surface area contributed by atoms with E-state index in [-0.39, 0.29) is 17.3 Å². The van der Waals surface area contributed by atoms with Crippen molar-refractivity contribution in [3.05, 3.63) is 71.3 Å². The van der Waals surface area contributed by atoms with Gasteiger partial charge < -0.3 is 10.2 Å². The number of nitrogens with zero attached hydrogens (tertiary/aromatic N) is 5. The zero-order valence-corrected chi connectivity index (χ0v) is 13.5. The predicted molar refractivity (Wildman–Crippen MR) is 95.3 cm³/mol. The highest BCUT2D eigenvalue weighted by Gasteiger charge is 2.27. The van der Waals surface area contributed by atoms with Gasteiger partial charge in [-0.1, -0.05) is 18.2 Å². The van der Waals surface area contributed by atoms with Crippen molar-refractivity contribution in [2.45, 2.75) is 6.92 Å². The number of nitro groups is 1. The summed E-state index contributed by atoms with van der Waals surface area (Å²) in [5.41, 5.74) is 1.30. The molecular weight excluding hydrogens is 320 g/mol. The molecule has 25 heavy (non-hydrogen) atoms. The van der Waals surface area contributed by atoms with Crippen LogP contribution in [0, 0.1) is 10.1 Å². The van der Waals surface area contributed by atoms with Crippen molar-refractivity contribution in [3.63, 3.8) is 0 Å². The number of hydrogen-bond donors (Lipinski definition) is 1. The van der Waals surface area contributed by atoms with Crippen LogP contribution in [-0.2, 0) is 0 Å². The van der Waals surface area contributed by atoms with Crippen LogP contribution in [0.1, 0.15) is 6.92 Å². The van der Waals surface area contributed by atoms with Gasteiger partial charge in [0, 0.05) is 30.3 Å². The Hall–Kier alpha value is -3.55. The van der Waals surface area contributed by atoms with Crippen LogP contribution in [0.2, 0.25) is 0 Å². The smallest absolute Gasteiger partial charge is 0.334 e. The van der Waals surface area contributed by atoms with Gasteiger partial charge >= 0.3 is 5.69 Å². The molecule has 0 spiro atoms. The van der Waals surface area contributed by atoms with E-state index in [1.807, 2.05) is 37.3 Å². The van der Waals surface area contributed by atoms with Crippen molar-refractivity contribution in [2.75, 3.05) is 16.8 Å². The van der Waals surface area contributed by atoms with Gasteiger partial charge in [0.15, 0.2) is 0 Å². The molecule has 0 saturated carbocycles. The second-order valence-electron chi connectivity index (χ2n) is 5.09. The Morgan fingerprint density at radius 1 is 1.12 bits per heavy atom. The van der Waals surface area contributed by atoms with Crippen molar-refractivity contribution >= 4 is 28.7 Å². The van der Waals surface area contributed by atoms with Crippen LogP contribution in [0.4, 0.5) is 28.7 Å². The minimum atomic E-state index is -0.468. The Labute approximate surface area is 144 Å². The van der Waals surface area contributed by atoms with Crippen LogP contribution in [0.5, 0.6) is 0 Å². The molecule has 1 aromatic carbocycles. The molecule has 0 saturated heterocycles. The Bertz CT molecular complexity index is 858. The quantitative estimate of drug-likeness (QED) is 0.541. The third kappa shape index (κ3) is 3.52. The van der Waals surface area contributed by atoms with Crippen LogP contribution >= 0.6 is 0 Å². The Morgan fingerprint density at radius 2 is 1.84 bits per heavy atom. The SMILES string of the molecule is CCN(c1ccccc1)c1ncnc(Nc2ccncc2)c1[N+](=O)[O-]. The maximum atomic E-state index is 11.7. The van der Waals surface area contributed by atoms with Crippen molar-refractivity contribution in [1.29, 1.82) is 0 Å². The molecular formula is C17H16N6O2. The molecule has 3 rings (SSSR count). The van der Waals surface area contributed by atoms with Crippen molar-refractivity contribution < 1.29 is 4.92 Å². The van der Waals surface area contributed by atoms with Crippen LogP contribution in [-0.4, -0.2) is 26.4 Å². The highest BCUT2D eigenvalue weighted by molar-refractivity contribution is 5.78. The molecule has 126 valence electrons. The van der Waals surface area contributed by atoms with Gasteiger partial charge in [-0.25, -0.2) is 9.97 Å². The first-order valence-corrected chi connectivity index (χ1v) is 7.69. The Balaban J connectivity index is 2.07. The number of hydrogen-bond acceptors (Lipinski definition) is 7. The predicted octanol–water partition coefficient (Wildman–Crippen LogP) is 3.68. The lowest BCUT2D eigenvalue weighted by Crippen LogP contribution is -2.19. The third-order valence-corrected chi connectivity index (χ3v) is 3.57. The second kappa shape index (κ2) is 7.35. The minimum absolute atomic E-state index is 0.135. The molecule has 0 unspecified atom stereocenters. The van der Waals surface area contributed by atoms with E-state index in [2.05, 4.69) is 20.3 Å². The van der Waals surface area contributed by atoms with E-state index >= 15 is 0 Å². The zero-order chi connectivity index (χ0) is 17.6. The summed E-state index contributed by atoms with van der Waals surface area (Å²) < 4.78 is 0. The molecule has 0 bridgehead atoms. The number of rotatable bonds is 6. The third-order valence-electron chi connectivity index (χ3n) is 3.57. The maximum Gasteiger partial charge on any atom is 0.354 e. The molecule has 0 aliphatic heterocycles. The Morgan fingerprint density at radius 3 is 2.48 bits per heavy atom. The number of aromatic nitrogens is 3. The van der Waals surface area contributed by atoms with E-state index in [0.717, 1.165) is 5.69 Å². The summed E-state index contributed by atoms with van der Waals surface area (Å²) >= 11 is 0. The lowest BCUT2D eigenvalue weighted by atomic mass is 10.2. The molecule has 0 atom stereocenters. The monoisotopic (exact) mass is 336 g/mol. The van der Waals surface area contributed by atoms with Gasteiger partial charge in [-0.2, -0.15) is 0 Å². The minimum Gasteiger partial charge on any atom is -0.334 e. The molecule has 1 N–H and O–H groups in total. The Kier molecular flexibility index (Phi) is 4.79. The lowest BCUT2D eigenvalue weighted by Gasteiger charge is -2.22. The molecule has 0 amide bonds. The van der Waals surface area contributed by atoms with Crippen LogP contribution < -0.4 is 10.2 Å². The lowest BCUT2D eigenvalue weighted by molar-refractivity contribution is -0.383. The summed E-state index contributed by atoms with van der Waals surface area (Å²) in [6, 6.07) is 12.8. The number of benzene rings is 1. The fourth-order valence-electron chi connectivity index (χ4n) is 2.46. The first-order chi connectivity index (χ1) is 12.2. The average Bonchev–Trinajstić information content (AvgIpc) is 2.64. The molecule has 0 aliphatic rings. The number of pyridine rings is 1. The van der Waals surface area contributed by atoms with Gasteiger partial charge in [0.25, 0.3) is 0 Å². The van der Waals surface area contributed by atoms with Crippen LogP contribution in [0.15, 0.2) is 61.2 Å². The highest BCUT2D eigenvalue weighted by atomic mass is 16.6. The average molecular weight is 336 g/mol.